The molecule has 9 nitrogen and oxygen atoms in total. The van der Waals surface area contributed by atoms with Crippen LogP contribution in [0.3, 0.4) is 0 Å². The predicted molar refractivity (Wildman–Crippen MR) is 149 cm³/mol. The summed E-state index contributed by atoms with van der Waals surface area (Å²) >= 11 is 3.23. The molecule has 1 unspecified atom stereocenters. The van der Waals surface area contributed by atoms with Crippen molar-refractivity contribution in [2.45, 2.75) is 22.7 Å². The number of likely N-dealkylation sites (N-methyl/N-ethyl adjacent to an activating group) is 1. The van der Waals surface area contributed by atoms with E-state index in [0.717, 1.165) is 28.4 Å². The van der Waals surface area contributed by atoms with Gasteiger partial charge in [0.25, 0.3) is 0 Å². The van der Waals surface area contributed by atoms with E-state index in [-0.39, 0.29) is 10.3 Å². The van der Waals surface area contributed by atoms with Crippen LogP contribution in [0.2, 0.25) is 0 Å². The van der Waals surface area contributed by atoms with E-state index < -0.39 is 27.0 Å². The van der Waals surface area contributed by atoms with E-state index in [1.165, 1.54) is 0 Å². The summed E-state index contributed by atoms with van der Waals surface area (Å²) in [5.41, 5.74) is 2.92. The molecule has 0 spiro atoms. The van der Waals surface area contributed by atoms with Crippen LogP contribution >= 0.6 is 23.1 Å². The molecule has 3 N–H and O–H groups in total. The van der Waals surface area contributed by atoms with Crippen molar-refractivity contribution in [2.75, 3.05) is 29.8 Å². The monoisotopic (exact) mass is 578 g/mol. The lowest BCUT2D eigenvalue weighted by molar-refractivity contribution is 0.310. The van der Waals surface area contributed by atoms with Gasteiger partial charge in [-0.3, -0.25) is 4.72 Å². The second-order valence-corrected chi connectivity index (χ2v) is 13.0. The molecule has 0 saturated carbocycles. The van der Waals surface area contributed by atoms with Gasteiger partial charge >= 0.3 is 0 Å². The second-order valence-electron chi connectivity index (χ2n) is 8.59. The molecule has 0 fully saturated rings. The fourth-order valence-corrected chi connectivity index (χ4v) is 7.66. The van der Waals surface area contributed by atoms with Gasteiger partial charge in [0.15, 0.2) is 0 Å². The molecular weight excluding hydrogens is 553 g/mol. The van der Waals surface area contributed by atoms with Crippen molar-refractivity contribution in [1.82, 2.24) is 10.0 Å². The second kappa shape index (κ2) is 11.0. The molecular formula is C24H26N4O5S4. The third kappa shape index (κ3) is 6.07. The van der Waals surface area contributed by atoms with E-state index in [2.05, 4.69) is 14.8 Å². The van der Waals surface area contributed by atoms with E-state index in [4.69, 9.17) is 4.74 Å². The number of anilines is 2. The number of thioether (sulfide) groups is 1. The molecule has 0 aliphatic carbocycles. The van der Waals surface area contributed by atoms with Crippen LogP contribution < -0.4 is 24.4 Å². The van der Waals surface area contributed by atoms with Crippen LogP contribution in [-0.2, 0) is 27.3 Å². The minimum atomic E-state index is -3.89. The van der Waals surface area contributed by atoms with Crippen LogP contribution in [0, 0.1) is 0 Å². The molecule has 0 saturated heterocycles. The van der Waals surface area contributed by atoms with Crippen LogP contribution in [0.1, 0.15) is 15.8 Å². The Hall–Kier alpha value is -2.71. The molecule has 2 aliphatic heterocycles. The number of hydrogen-bond acceptors (Lipinski definition) is 9. The first-order valence-electron chi connectivity index (χ1n) is 11.4. The van der Waals surface area contributed by atoms with Crippen LogP contribution in [-0.4, -0.2) is 43.1 Å². The molecule has 196 valence electrons. The van der Waals surface area contributed by atoms with Gasteiger partial charge < -0.3 is 15.0 Å². The van der Waals surface area contributed by atoms with Crippen LogP contribution in [0.15, 0.2) is 76.0 Å². The number of rotatable bonds is 9. The van der Waals surface area contributed by atoms with Gasteiger partial charge in [0.2, 0.25) is 20.9 Å². The highest BCUT2D eigenvalue weighted by atomic mass is 32.2. The van der Waals surface area contributed by atoms with Gasteiger partial charge in [-0.25, -0.2) is 21.6 Å². The predicted octanol–water partition coefficient (Wildman–Crippen LogP) is 3.28. The zero-order valence-electron chi connectivity index (χ0n) is 19.8. The highest BCUT2D eigenvalue weighted by Crippen LogP contribution is 2.38. The lowest BCUT2D eigenvalue weighted by Gasteiger charge is -2.28. The Morgan fingerprint density at radius 1 is 1.19 bits per heavy atom. The Balaban J connectivity index is 1.40. The fraction of sp³-hybridized carbons (Fsp3) is 0.250. The van der Waals surface area contributed by atoms with Gasteiger partial charge in [-0.15, -0.1) is 23.1 Å². The van der Waals surface area contributed by atoms with Crippen molar-refractivity contribution in [3.63, 3.8) is 0 Å². The zero-order chi connectivity index (χ0) is 26.0. The quantitative estimate of drug-likeness (QED) is 0.286. The first kappa shape index (κ1) is 25.9. The summed E-state index contributed by atoms with van der Waals surface area (Å²) in [5.74, 6) is 0.541. The molecule has 0 bridgehead atoms. The highest BCUT2D eigenvalue weighted by molar-refractivity contribution is 8.02. The highest BCUT2D eigenvalue weighted by Gasteiger charge is 2.30. The van der Waals surface area contributed by atoms with E-state index in [1.807, 2.05) is 34.9 Å². The van der Waals surface area contributed by atoms with E-state index in [9.17, 15) is 16.8 Å². The van der Waals surface area contributed by atoms with Gasteiger partial charge in [0, 0.05) is 29.4 Å². The number of nitrogens with one attached hydrogen (secondary N) is 3. The minimum Gasteiger partial charge on any atom is -0.490 e. The van der Waals surface area contributed by atoms with Crippen LogP contribution in [0.25, 0.3) is 0 Å². The molecule has 3 aromatic rings. The van der Waals surface area contributed by atoms with Gasteiger partial charge in [-0.2, -0.15) is 0 Å². The Labute approximate surface area is 226 Å². The Bertz CT molecular complexity index is 1460. The lowest BCUT2D eigenvalue weighted by atomic mass is 10.0. The van der Waals surface area contributed by atoms with E-state index in [0.29, 0.717) is 24.5 Å². The van der Waals surface area contributed by atoms with Crippen molar-refractivity contribution in [2.24, 2.45) is 0 Å². The minimum absolute atomic E-state index is 0.00891. The number of nitrogens with zero attached hydrogens (tertiary/aromatic N) is 1. The Kier molecular flexibility index (Phi) is 7.67. The van der Waals surface area contributed by atoms with Crippen LogP contribution in [0.4, 0.5) is 11.4 Å². The number of thiophene rings is 1. The normalized spacial score (nSPS) is 18.1. The maximum absolute atomic E-state index is 13.5. The summed E-state index contributed by atoms with van der Waals surface area (Å²) in [6.45, 7) is 1.23. The number of sulfonamides is 1. The van der Waals surface area contributed by atoms with Gasteiger partial charge in [-0.05, 0) is 53.1 Å². The largest absolute Gasteiger partial charge is 0.490 e. The molecule has 13 heteroatoms. The molecule has 2 atom stereocenters. The molecule has 0 amide bonds. The van der Waals surface area contributed by atoms with Gasteiger partial charge in [-0.1, -0.05) is 18.2 Å². The summed E-state index contributed by atoms with van der Waals surface area (Å²) in [6.07, 6.45) is 0.365. The smallest absolute Gasteiger partial charge is 0.241 e. The summed E-state index contributed by atoms with van der Waals surface area (Å²) in [6, 6.07) is 15.3. The average molecular weight is 579 g/mol. The van der Waals surface area contributed by atoms with Crippen molar-refractivity contribution in [3.05, 3.63) is 81.5 Å². The van der Waals surface area contributed by atoms with Crippen molar-refractivity contribution >= 4 is 55.4 Å². The number of fused-ring (bicyclic) bond motifs is 1. The molecule has 1 aromatic heterocycles. The maximum Gasteiger partial charge on any atom is 0.241 e. The molecule has 2 aromatic carbocycles. The summed E-state index contributed by atoms with van der Waals surface area (Å²) in [5, 5.41) is 7.44. The fourth-order valence-electron chi connectivity index (χ4n) is 4.15. The summed E-state index contributed by atoms with van der Waals surface area (Å²) < 4.78 is 59.9. The molecule has 0 radical (unpaired) electrons. The standard InChI is InChI=1S/C24H26N4O5S4/c1-28-10-11-33-22-14-18(8-9-21(22)28)37(31,32)27-19(13-16-4-6-17(7-5-16)26-36(29)30)20-15-35-24(25-20)23-3-2-12-34-23/h2-9,12,14-15,19,24-25,27,36H,10-11,13H2,1H3,(H,26,29,30)/t19-,24?/m0/s1. The topological polar surface area (TPSA) is 117 Å². The Morgan fingerprint density at radius 2 is 2.00 bits per heavy atom. The van der Waals surface area contributed by atoms with E-state index >= 15 is 0 Å². The van der Waals surface area contributed by atoms with Crippen molar-refractivity contribution < 1.29 is 21.6 Å². The lowest BCUT2D eigenvalue weighted by Crippen LogP contribution is -2.41. The number of benzene rings is 2. The maximum atomic E-state index is 13.5. The summed E-state index contributed by atoms with van der Waals surface area (Å²) in [4.78, 5) is 3.31. The zero-order valence-corrected chi connectivity index (χ0v) is 23.1. The van der Waals surface area contributed by atoms with Crippen molar-refractivity contribution in [3.8, 4) is 5.75 Å². The first-order valence-corrected chi connectivity index (χ1v) is 15.9. The third-order valence-corrected chi connectivity index (χ3v) is 10.1. The third-order valence-electron chi connectivity index (χ3n) is 6.05. The SMILES string of the molecule is CN1CCOc2cc(S(=O)(=O)N[C@@H](Cc3ccc(N[SH](=O)=O)cc3)C3=CSC(c4cccs4)N3)ccc21. The molecule has 5 rings (SSSR count). The number of thiol groups is 1. The summed E-state index contributed by atoms with van der Waals surface area (Å²) in [7, 11) is -4.71. The molecule has 3 heterocycles. The van der Waals surface area contributed by atoms with Gasteiger partial charge in [0.1, 0.15) is 17.7 Å². The Morgan fingerprint density at radius 3 is 2.73 bits per heavy atom. The first-order chi connectivity index (χ1) is 17.8. The van der Waals surface area contributed by atoms with Gasteiger partial charge in [0.05, 0.1) is 23.2 Å². The average Bonchev–Trinajstić information content (AvgIpc) is 3.57. The molecule has 2 aliphatic rings. The van der Waals surface area contributed by atoms with Crippen molar-refractivity contribution in [1.29, 1.82) is 0 Å². The molecule has 37 heavy (non-hydrogen) atoms. The van der Waals surface area contributed by atoms with E-state index in [1.54, 1.807) is 65.6 Å². The number of ether oxygens (including phenoxy) is 1. The number of hydrogen-bond donors (Lipinski definition) is 4. The van der Waals surface area contributed by atoms with Crippen LogP contribution in [0.5, 0.6) is 5.75 Å².